The Labute approximate surface area is 209 Å². The predicted octanol–water partition coefficient (Wildman–Crippen LogP) is -7.19. The number of aliphatic hydroxyl groups excluding tert-OH is 10. The van der Waals surface area contributed by atoms with Crippen molar-refractivity contribution in [1.29, 1.82) is 0 Å². The largest absolute Gasteiger partial charge is 0.394 e. The summed E-state index contributed by atoms with van der Waals surface area (Å²) in [6.07, 6.45) is -22.6. The summed E-state index contributed by atoms with van der Waals surface area (Å²) in [5.41, 5.74) is 0. The van der Waals surface area contributed by atoms with Crippen molar-refractivity contribution in [2.45, 2.75) is 98.4 Å². The molecule has 4 heterocycles. The highest BCUT2D eigenvalue weighted by Crippen LogP contribution is 2.34. The molecule has 0 spiro atoms. The zero-order valence-corrected chi connectivity index (χ0v) is 19.4. The molecule has 17 heteroatoms. The highest BCUT2D eigenvalue weighted by molar-refractivity contribution is 4.95. The second-order valence-electron chi connectivity index (χ2n) is 9.22. The number of rotatable bonds is 10. The number of aliphatic hydroxyl groups is 10. The monoisotopic (exact) mass is 546 g/mol. The molecule has 4 saturated heterocycles. The van der Waals surface area contributed by atoms with Gasteiger partial charge in [-0.15, -0.1) is 0 Å². The van der Waals surface area contributed by atoms with Gasteiger partial charge in [0.15, 0.2) is 25.2 Å². The fourth-order valence-corrected chi connectivity index (χ4v) is 4.61. The van der Waals surface area contributed by atoms with E-state index in [9.17, 15) is 51.1 Å². The standard InChI is InChI=1S/C20H34O17/c21-1-5-9(24)13(28)19(33-5)37-16-11(26)6(2-22)34-20(16)36-15-7(3-23)35-18(14(15)29)31-4-8-10(25)12(27)17(30)32-8/h5-30H,1-4H2/t5-,6-,7-,8-,9-,10-,11-,12+,13+,14+,15-,16+,17+,18+,19+,20-/m1/s1. The Morgan fingerprint density at radius 3 is 1.57 bits per heavy atom. The van der Waals surface area contributed by atoms with E-state index in [0.717, 1.165) is 0 Å². The van der Waals surface area contributed by atoms with Crippen LogP contribution in [0, 0.1) is 0 Å². The first kappa shape index (κ1) is 29.3. The minimum Gasteiger partial charge on any atom is -0.394 e. The van der Waals surface area contributed by atoms with E-state index in [2.05, 4.69) is 0 Å². The van der Waals surface area contributed by atoms with Crippen LogP contribution >= 0.6 is 0 Å². The van der Waals surface area contributed by atoms with E-state index >= 15 is 0 Å². The quantitative estimate of drug-likeness (QED) is 0.122. The molecule has 0 aromatic heterocycles. The van der Waals surface area contributed by atoms with Crippen molar-refractivity contribution in [1.82, 2.24) is 0 Å². The van der Waals surface area contributed by atoms with Crippen molar-refractivity contribution >= 4 is 0 Å². The first-order valence-corrected chi connectivity index (χ1v) is 11.7. The van der Waals surface area contributed by atoms with Crippen LogP contribution in [0.25, 0.3) is 0 Å². The molecule has 0 unspecified atom stereocenters. The molecule has 4 rings (SSSR count). The third-order valence-corrected chi connectivity index (χ3v) is 6.79. The van der Waals surface area contributed by atoms with Gasteiger partial charge in [-0.3, -0.25) is 0 Å². The van der Waals surface area contributed by atoms with Crippen molar-refractivity contribution < 1.29 is 84.2 Å². The van der Waals surface area contributed by atoms with Gasteiger partial charge in [0.2, 0.25) is 0 Å². The smallest absolute Gasteiger partial charge is 0.187 e. The van der Waals surface area contributed by atoms with Crippen molar-refractivity contribution in [2.24, 2.45) is 0 Å². The van der Waals surface area contributed by atoms with Crippen molar-refractivity contribution in [3.8, 4) is 0 Å². The van der Waals surface area contributed by atoms with Crippen LogP contribution in [0.5, 0.6) is 0 Å². The molecule has 0 amide bonds. The van der Waals surface area contributed by atoms with E-state index in [1.54, 1.807) is 0 Å². The van der Waals surface area contributed by atoms with Crippen LogP contribution < -0.4 is 0 Å². The van der Waals surface area contributed by atoms with Crippen molar-refractivity contribution in [3.05, 3.63) is 0 Å². The molecule has 10 N–H and O–H groups in total. The summed E-state index contributed by atoms with van der Waals surface area (Å²) < 4.78 is 37.9. The minimum atomic E-state index is -1.63. The Hall–Kier alpha value is -0.680. The van der Waals surface area contributed by atoms with Gasteiger partial charge in [-0.1, -0.05) is 0 Å². The lowest BCUT2D eigenvalue weighted by Crippen LogP contribution is -2.47. The summed E-state index contributed by atoms with van der Waals surface area (Å²) in [5.74, 6) is 0. The maximum Gasteiger partial charge on any atom is 0.187 e. The van der Waals surface area contributed by atoms with Gasteiger partial charge in [0.1, 0.15) is 73.2 Å². The van der Waals surface area contributed by atoms with E-state index < -0.39 is 125 Å². The van der Waals surface area contributed by atoms with Crippen LogP contribution in [0.1, 0.15) is 0 Å². The van der Waals surface area contributed by atoms with E-state index in [0.29, 0.717) is 0 Å². The Balaban J connectivity index is 1.40. The van der Waals surface area contributed by atoms with Crippen LogP contribution in [0.4, 0.5) is 0 Å². The molecular weight excluding hydrogens is 512 g/mol. The van der Waals surface area contributed by atoms with Gasteiger partial charge >= 0.3 is 0 Å². The third kappa shape index (κ3) is 5.79. The van der Waals surface area contributed by atoms with Gasteiger partial charge in [0.05, 0.1) is 26.4 Å². The van der Waals surface area contributed by atoms with Crippen molar-refractivity contribution in [3.63, 3.8) is 0 Å². The third-order valence-electron chi connectivity index (χ3n) is 6.79. The lowest BCUT2D eigenvalue weighted by Gasteiger charge is -2.29. The summed E-state index contributed by atoms with van der Waals surface area (Å²) in [6, 6.07) is 0. The molecule has 0 radical (unpaired) electrons. The summed E-state index contributed by atoms with van der Waals surface area (Å²) in [4.78, 5) is 0. The Morgan fingerprint density at radius 1 is 0.459 bits per heavy atom. The van der Waals surface area contributed by atoms with Gasteiger partial charge < -0.3 is 84.2 Å². The van der Waals surface area contributed by atoms with Crippen LogP contribution in [0.3, 0.4) is 0 Å². The normalized spacial score (nSPS) is 52.4. The molecule has 0 aromatic carbocycles. The molecule has 4 aliphatic heterocycles. The topological polar surface area (TPSA) is 267 Å². The van der Waals surface area contributed by atoms with E-state index in [1.165, 1.54) is 0 Å². The lowest BCUT2D eigenvalue weighted by molar-refractivity contribution is -0.264. The Kier molecular flexibility index (Phi) is 9.69. The lowest BCUT2D eigenvalue weighted by atomic mass is 10.1. The number of hydrogen-bond acceptors (Lipinski definition) is 17. The maximum absolute atomic E-state index is 10.7. The van der Waals surface area contributed by atoms with Gasteiger partial charge in [-0.05, 0) is 0 Å². The average Bonchev–Trinajstić information content (AvgIpc) is 3.54. The Morgan fingerprint density at radius 2 is 1.00 bits per heavy atom. The minimum absolute atomic E-state index is 0.413. The van der Waals surface area contributed by atoms with Crippen molar-refractivity contribution in [2.75, 3.05) is 26.4 Å². The maximum atomic E-state index is 10.7. The first-order valence-electron chi connectivity index (χ1n) is 11.7. The zero-order valence-electron chi connectivity index (χ0n) is 19.4. The van der Waals surface area contributed by atoms with Crippen LogP contribution in [-0.2, 0) is 33.2 Å². The summed E-state index contributed by atoms with van der Waals surface area (Å²) in [5, 5.41) is 98.9. The fourth-order valence-electron chi connectivity index (χ4n) is 4.61. The van der Waals surface area contributed by atoms with Gasteiger partial charge in [0.25, 0.3) is 0 Å². The molecule has 0 aromatic rings. The van der Waals surface area contributed by atoms with Crippen LogP contribution in [-0.4, -0.2) is 176 Å². The molecule has 0 aliphatic carbocycles. The van der Waals surface area contributed by atoms with Gasteiger partial charge in [-0.25, -0.2) is 0 Å². The predicted molar refractivity (Wildman–Crippen MR) is 110 cm³/mol. The van der Waals surface area contributed by atoms with Gasteiger partial charge in [0, 0.05) is 0 Å². The molecular formula is C20H34O17. The Bertz CT molecular complexity index is 731. The molecule has 16 atom stereocenters. The number of ether oxygens (including phenoxy) is 7. The molecule has 37 heavy (non-hydrogen) atoms. The summed E-state index contributed by atoms with van der Waals surface area (Å²) in [6.45, 7) is -2.34. The van der Waals surface area contributed by atoms with Crippen LogP contribution in [0.2, 0.25) is 0 Å². The van der Waals surface area contributed by atoms with E-state index in [-0.39, 0.29) is 0 Å². The number of hydrogen-bond donors (Lipinski definition) is 10. The van der Waals surface area contributed by atoms with E-state index in [4.69, 9.17) is 33.2 Å². The molecule has 0 saturated carbocycles. The summed E-state index contributed by atoms with van der Waals surface area (Å²) >= 11 is 0. The highest BCUT2D eigenvalue weighted by Gasteiger charge is 2.54. The first-order chi connectivity index (χ1) is 17.6. The summed E-state index contributed by atoms with van der Waals surface area (Å²) in [7, 11) is 0. The van der Waals surface area contributed by atoms with Crippen LogP contribution in [0.15, 0.2) is 0 Å². The highest BCUT2D eigenvalue weighted by atomic mass is 16.8. The average molecular weight is 546 g/mol. The second-order valence-corrected chi connectivity index (χ2v) is 9.22. The molecule has 216 valence electrons. The fraction of sp³-hybridized carbons (Fsp3) is 1.00. The second kappa shape index (κ2) is 12.2. The van der Waals surface area contributed by atoms with E-state index in [1.807, 2.05) is 0 Å². The molecule has 4 aliphatic rings. The molecule has 17 nitrogen and oxygen atoms in total. The SMILES string of the molecule is OC[C@H]1O[C@@H](O[C@@H]2[C@@H](O[C@H]3[C@H](O)[C@@H](OC[C@H]4O[C@H](O)[C@@H](O)[C@@H]4O)O[C@@H]3CO)O[C@H](CO)[C@H]2O)[C@@H](O)[C@@H]1O. The molecule has 4 fully saturated rings. The van der Waals surface area contributed by atoms with Gasteiger partial charge in [-0.2, -0.15) is 0 Å². The zero-order chi connectivity index (χ0) is 27.0. The molecule has 0 bridgehead atoms.